The Kier molecular flexibility index (Phi) is 7.82. The molecule has 1 fully saturated rings. The van der Waals surface area contributed by atoms with Crippen molar-refractivity contribution in [3.05, 3.63) is 75.7 Å². The van der Waals surface area contributed by atoms with Crippen molar-refractivity contribution in [3.8, 4) is 11.3 Å². The van der Waals surface area contributed by atoms with Crippen LogP contribution in [0.1, 0.15) is 38.3 Å². The van der Waals surface area contributed by atoms with E-state index in [4.69, 9.17) is 4.74 Å². The molecule has 0 amide bonds. The lowest BCUT2D eigenvalue weighted by Gasteiger charge is -2.28. The maximum absolute atomic E-state index is 13.8. The summed E-state index contributed by atoms with van der Waals surface area (Å²) < 4.78 is 99.1. The van der Waals surface area contributed by atoms with E-state index in [2.05, 4.69) is 9.97 Å². The Labute approximate surface area is 218 Å². The van der Waals surface area contributed by atoms with Crippen LogP contribution in [0.4, 0.5) is 36.7 Å². The number of ether oxygens (including phenoxy) is 1. The summed E-state index contributed by atoms with van der Waals surface area (Å²) >= 11 is 0. The number of alkyl halides is 6. The summed E-state index contributed by atoms with van der Waals surface area (Å²) in [6.45, 7) is 2.98. The lowest BCUT2D eigenvalue weighted by molar-refractivity contribution is -0.143. The van der Waals surface area contributed by atoms with E-state index in [-0.39, 0.29) is 47.4 Å². The predicted octanol–water partition coefficient (Wildman–Crippen LogP) is 5.95. The van der Waals surface area contributed by atoms with Gasteiger partial charge in [0.25, 0.3) is 0 Å². The van der Waals surface area contributed by atoms with Gasteiger partial charge in [0.15, 0.2) is 0 Å². The zero-order valence-corrected chi connectivity index (χ0v) is 20.5. The standard InChI is InChI=1S/C26H22F7N3O3/c1-14-10-18(27)3-4-19(14)22-21(23(37)38)20(34-24(35-22)36-6-8-39-9-7-36)5-2-15-11-16(25(28,29)30)13-17(12-15)26(31,32)33/h3-4,10-13H,2,5-9H2,1H3,(H,37,38). The molecule has 208 valence electrons. The number of hydrogen-bond acceptors (Lipinski definition) is 5. The Morgan fingerprint density at radius 3 is 2.10 bits per heavy atom. The number of aromatic carboxylic acids is 1. The van der Waals surface area contributed by atoms with Gasteiger partial charge < -0.3 is 14.7 Å². The van der Waals surface area contributed by atoms with Gasteiger partial charge in [-0.3, -0.25) is 0 Å². The summed E-state index contributed by atoms with van der Waals surface area (Å²) in [5, 5.41) is 10.1. The van der Waals surface area contributed by atoms with Crippen molar-refractivity contribution in [1.82, 2.24) is 9.97 Å². The van der Waals surface area contributed by atoms with Crippen molar-refractivity contribution in [2.24, 2.45) is 0 Å². The maximum atomic E-state index is 13.8. The van der Waals surface area contributed by atoms with Gasteiger partial charge in [0.1, 0.15) is 11.4 Å². The van der Waals surface area contributed by atoms with Gasteiger partial charge in [-0.05, 0) is 67.3 Å². The highest BCUT2D eigenvalue weighted by Gasteiger charge is 2.37. The zero-order valence-electron chi connectivity index (χ0n) is 20.5. The molecule has 0 unspecified atom stereocenters. The molecule has 6 nitrogen and oxygen atoms in total. The lowest BCUT2D eigenvalue weighted by Crippen LogP contribution is -2.37. The number of anilines is 1. The molecule has 0 atom stereocenters. The minimum Gasteiger partial charge on any atom is -0.478 e. The highest BCUT2D eigenvalue weighted by molar-refractivity contribution is 5.96. The predicted molar refractivity (Wildman–Crippen MR) is 126 cm³/mol. The number of rotatable bonds is 6. The SMILES string of the molecule is Cc1cc(F)ccc1-c1nc(N2CCOCC2)nc(CCc2cc(C(F)(F)F)cc(C(F)(F)F)c2)c1C(=O)O. The molecule has 0 spiro atoms. The molecule has 0 saturated carbocycles. The van der Waals surface area contributed by atoms with Crippen LogP contribution in [0, 0.1) is 12.7 Å². The summed E-state index contributed by atoms with van der Waals surface area (Å²) in [4.78, 5) is 22.9. The van der Waals surface area contributed by atoms with Crippen LogP contribution in [-0.2, 0) is 29.9 Å². The van der Waals surface area contributed by atoms with Crippen LogP contribution >= 0.6 is 0 Å². The second-order valence-electron chi connectivity index (χ2n) is 8.97. The highest BCUT2D eigenvalue weighted by Crippen LogP contribution is 2.37. The molecule has 1 aliphatic rings. The van der Waals surface area contributed by atoms with Gasteiger partial charge in [-0.25, -0.2) is 19.2 Å². The second kappa shape index (κ2) is 10.8. The van der Waals surface area contributed by atoms with Crippen molar-refractivity contribution in [3.63, 3.8) is 0 Å². The molecule has 1 saturated heterocycles. The molecular weight excluding hydrogens is 535 g/mol. The highest BCUT2D eigenvalue weighted by atomic mass is 19.4. The van der Waals surface area contributed by atoms with Gasteiger partial charge in [-0.15, -0.1) is 0 Å². The van der Waals surface area contributed by atoms with Crippen LogP contribution in [0.3, 0.4) is 0 Å². The van der Waals surface area contributed by atoms with Gasteiger partial charge in [0, 0.05) is 18.7 Å². The number of benzene rings is 2. The summed E-state index contributed by atoms with van der Waals surface area (Å²) in [6, 6.07) is 4.91. The fourth-order valence-corrected chi connectivity index (χ4v) is 4.32. The van der Waals surface area contributed by atoms with Crippen LogP contribution < -0.4 is 4.90 Å². The van der Waals surface area contributed by atoms with E-state index in [1.54, 1.807) is 11.8 Å². The number of carbonyl (C=O) groups is 1. The topological polar surface area (TPSA) is 75.5 Å². The Balaban J connectivity index is 1.83. The van der Waals surface area contributed by atoms with E-state index in [1.165, 1.54) is 12.1 Å². The van der Waals surface area contributed by atoms with Gasteiger partial charge in [-0.2, -0.15) is 26.3 Å². The Hall–Kier alpha value is -3.74. The van der Waals surface area contributed by atoms with Crippen molar-refractivity contribution in [1.29, 1.82) is 0 Å². The van der Waals surface area contributed by atoms with Crippen molar-refractivity contribution >= 4 is 11.9 Å². The van der Waals surface area contributed by atoms with Gasteiger partial charge in [0.2, 0.25) is 5.95 Å². The summed E-state index contributed by atoms with van der Waals surface area (Å²) in [5.74, 6) is -1.88. The number of halogens is 7. The number of morpholine rings is 1. The Morgan fingerprint density at radius 1 is 0.949 bits per heavy atom. The van der Waals surface area contributed by atoms with Gasteiger partial charge >= 0.3 is 18.3 Å². The minimum absolute atomic E-state index is 0.0306. The lowest BCUT2D eigenvalue weighted by atomic mass is 9.96. The molecule has 0 bridgehead atoms. The first-order chi connectivity index (χ1) is 18.2. The molecule has 2 aromatic carbocycles. The van der Waals surface area contributed by atoms with Crippen molar-refractivity contribution in [2.45, 2.75) is 32.1 Å². The quantitative estimate of drug-likeness (QED) is 0.378. The van der Waals surface area contributed by atoms with Crippen molar-refractivity contribution < 1.29 is 45.4 Å². The Bertz CT molecular complexity index is 1350. The summed E-state index contributed by atoms with van der Waals surface area (Å²) in [7, 11) is 0. The monoisotopic (exact) mass is 557 g/mol. The third-order valence-electron chi connectivity index (χ3n) is 6.22. The van der Waals surface area contributed by atoms with Crippen LogP contribution in [0.5, 0.6) is 0 Å². The molecule has 13 heteroatoms. The first-order valence-corrected chi connectivity index (χ1v) is 11.8. The molecule has 4 rings (SSSR count). The fourth-order valence-electron chi connectivity index (χ4n) is 4.32. The first-order valence-electron chi connectivity index (χ1n) is 11.8. The molecule has 1 aliphatic heterocycles. The smallest absolute Gasteiger partial charge is 0.416 e. The summed E-state index contributed by atoms with van der Waals surface area (Å²) in [6.07, 6.45) is -10.7. The molecule has 1 aromatic heterocycles. The normalized spacial score (nSPS) is 14.5. The number of hydrogen-bond donors (Lipinski definition) is 1. The van der Waals surface area contributed by atoms with E-state index < -0.39 is 35.3 Å². The van der Waals surface area contributed by atoms with Crippen LogP contribution in [0.25, 0.3) is 11.3 Å². The van der Waals surface area contributed by atoms with Crippen LogP contribution in [-0.4, -0.2) is 47.3 Å². The molecule has 2 heterocycles. The molecule has 39 heavy (non-hydrogen) atoms. The number of aromatic nitrogens is 2. The van der Waals surface area contributed by atoms with Crippen LogP contribution in [0.2, 0.25) is 0 Å². The molecule has 3 aromatic rings. The van der Waals surface area contributed by atoms with E-state index in [0.29, 0.717) is 49.6 Å². The number of nitrogens with zero attached hydrogens (tertiary/aromatic N) is 3. The van der Waals surface area contributed by atoms with Crippen molar-refractivity contribution in [2.75, 3.05) is 31.2 Å². The molecule has 0 aliphatic carbocycles. The fraction of sp³-hybridized carbons (Fsp3) is 0.346. The first kappa shape index (κ1) is 28.3. The van der Waals surface area contributed by atoms with Crippen LogP contribution in [0.15, 0.2) is 36.4 Å². The van der Waals surface area contributed by atoms with E-state index in [0.717, 1.165) is 6.07 Å². The number of carboxylic acids is 1. The summed E-state index contributed by atoms with van der Waals surface area (Å²) in [5.41, 5.74) is -3.04. The molecular formula is C26H22F7N3O3. The third kappa shape index (κ3) is 6.47. The van der Waals surface area contributed by atoms with Gasteiger partial charge in [0.05, 0.1) is 35.7 Å². The third-order valence-corrected chi connectivity index (χ3v) is 6.22. The largest absolute Gasteiger partial charge is 0.478 e. The number of aryl methyl sites for hydroxylation is 3. The average molecular weight is 557 g/mol. The average Bonchev–Trinajstić information content (AvgIpc) is 2.86. The Morgan fingerprint density at radius 2 is 1.56 bits per heavy atom. The molecule has 1 N–H and O–H groups in total. The van der Waals surface area contributed by atoms with E-state index >= 15 is 0 Å². The zero-order chi connectivity index (χ0) is 28.5. The minimum atomic E-state index is -5.02. The maximum Gasteiger partial charge on any atom is 0.416 e. The molecule has 0 radical (unpaired) electrons. The second-order valence-corrected chi connectivity index (χ2v) is 8.97. The van der Waals surface area contributed by atoms with E-state index in [9.17, 15) is 40.6 Å². The van der Waals surface area contributed by atoms with Gasteiger partial charge in [-0.1, -0.05) is 0 Å². The van der Waals surface area contributed by atoms with E-state index in [1.807, 2.05) is 0 Å². The number of carboxylic acid groups (broad SMARTS) is 1.